The van der Waals surface area contributed by atoms with Crippen molar-refractivity contribution in [1.29, 1.82) is 0 Å². The molecule has 0 N–H and O–H groups in total. The van der Waals surface area contributed by atoms with E-state index in [0.717, 1.165) is 61.0 Å². The number of hydrogen-bond donors (Lipinski definition) is 0. The second kappa shape index (κ2) is 7.56. The summed E-state index contributed by atoms with van der Waals surface area (Å²) in [5, 5.41) is 5.39. The third-order valence-corrected chi connectivity index (χ3v) is 5.18. The lowest BCUT2D eigenvalue weighted by Gasteiger charge is -2.35. The smallest absolute Gasteiger partial charge is 0.170 e. The van der Waals surface area contributed by atoms with E-state index in [1.165, 1.54) is 6.07 Å². The van der Waals surface area contributed by atoms with Crippen LogP contribution in [-0.4, -0.2) is 55.8 Å². The van der Waals surface area contributed by atoms with Crippen molar-refractivity contribution in [1.82, 2.24) is 29.6 Å². The number of anilines is 1. The van der Waals surface area contributed by atoms with Gasteiger partial charge in [0.15, 0.2) is 11.5 Å². The van der Waals surface area contributed by atoms with Crippen LogP contribution in [0, 0.1) is 5.82 Å². The topological polar surface area (TPSA) is 63.0 Å². The maximum Gasteiger partial charge on any atom is 0.170 e. The predicted octanol–water partition coefficient (Wildman–Crippen LogP) is 2.67. The summed E-state index contributed by atoms with van der Waals surface area (Å²) in [5.74, 6) is 1.43. The third-order valence-electron chi connectivity index (χ3n) is 5.18. The summed E-state index contributed by atoms with van der Waals surface area (Å²) in [7, 11) is 0. The minimum atomic E-state index is -0.186. The number of benzene rings is 1. The molecule has 3 aromatic heterocycles. The molecular weight excluding hydrogens is 369 g/mol. The van der Waals surface area contributed by atoms with Crippen molar-refractivity contribution in [3.05, 3.63) is 72.6 Å². The highest BCUT2D eigenvalue weighted by molar-refractivity contribution is 5.87. The molecule has 1 aliphatic heterocycles. The minimum Gasteiger partial charge on any atom is -0.353 e. The maximum absolute atomic E-state index is 13.4. The third kappa shape index (κ3) is 3.54. The number of fused-ring (bicyclic) bond motifs is 1. The fourth-order valence-electron chi connectivity index (χ4n) is 3.74. The van der Waals surface area contributed by atoms with Gasteiger partial charge in [0, 0.05) is 38.9 Å². The Labute approximate surface area is 167 Å². The van der Waals surface area contributed by atoms with Gasteiger partial charge in [0.2, 0.25) is 0 Å². The second-order valence-electron chi connectivity index (χ2n) is 7.07. The van der Waals surface area contributed by atoms with Crippen LogP contribution in [0.15, 0.2) is 61.2 Å². The largest absolute Gasteiger partial charge is 0.353 e. The van der Waals surface area contributed by atoms with Crippen molar-refractivity contribution in [2.75, 3.05) is 31.1 Å². The van der Waals surface area contributed by atoms with E-state index in [0.29, 0.717) is 0 Å². The molecule has 0 amide bonds. The zero-order valence-corrected chi connectivity index (χ0v) is 15.8. The Morgan fingerprint density at radius 3 is 2.62 bits per heavy atom. The number of rotatable bonds is 4. The van der Waals surface area contributed by atoms with Crippen molar-refractivity contribution >= 4 is 16.9 Å². The molecule has 8 heteroatoms. The molecule has 0 radical (unpaired) electrons. The standard InChI is InChI=1S/C21H20FN7/c22-17-5-3-4-16(12-17)14-27-8-10-28(11-9-27)20-18-13-26-29(21(18)25-15-24-20)19-6-1-2-7-23-19/h1-7,12-13,15H,8-11,14H2. The van der Waals surface area contributed by atoms with Crippen molar-refractivity contribution in [2.24, 2.45) is 0 Å². The number of pyridine rings is 1. The lowest BCUT2D eigenvalue weighted by atomic mass is 10.2. The highest BCUT2D eigenvalue weighted by Crippen LogP contribution is 2.25. The number of piperazine rings is 1. The Morgan fingerprint density at radius 2 is 1.83 bits per heavy atom. The van der Waals surface area contributed by atoms with Gasteiger partial charge in [0.25, 0.3) is 0 Å². The van der Waals surface area contributed by atoms with Gasteiger partial charge < -0.3 is 4.90 Å². The summed E-state index contributed by atoms with van der Waals surface area (Å²) in [6.45, 7) is 4.21. The van der Waals surface area contributed by atoms with Crippen LogP contribution in [0.3, 0.4) is 0 Å². The molecule has 4 heterocycles. The molecule has 0 saturated carbocycles. The summed E-state index contributed by atoms with van der Waals surface area (Å²) < 4.78 is 15.2. The monoisotopic (exact) mass is 389 g/mol. The predicted molar refractivity (Wildman–Crippen MR) is 108 cm³/mol. The Bertz CT molecular complexity index is 1120. The molecule has 1 saturated heterocycles. The second-order valence-corrected chi connectivity index (χ2v) is 7.07. The van der Waals surface area contributed by atoms with Gasteiger partial charge in [-0.25, -0.2) is 19.3 Å². The summed E-state index contributed by atoms with van der Waals surface area (Å²) in [4.78, 5) is 17.9. The Balaban J connectivity index is 1.34. The van der Waals surface area contributed by atoms with E-state index in [9.17, 15) is 4.39 Å². The van der Waals surface area contributed by atoms with Crippen molar-refractivity contribution in [3.8, 4) is 5.82 Å². The first kappa shape index (κ1) is 17.7. The minimum absolute atomic E-state index is 0.186. The molecule has 29 heavy (non-hydrogen) atoms. The molecule has 146 valence electrons. The average Bonchev–Trinajstić information content (AvgIpc) is 3.19. The number of nitrogens with zero attached hydrogens (tertiary/aromatic N) is 7. The lowest BCUT2D eigenvalue weighted by Crippen LogP contribution is -2.46. The Kier molecular flexibility index (Phi) is 4.61. The molecule has 0 unspecified atom stereocenters. The van der Waals surface area contributed by atoms with Crippen LogP contribution in [0.25, 0.3) is 16.9 Å². The van der Waals surface area contributed by atoms with Gasteiger partial charge in [-0.15, -0.1) is 0 Å². The fraction of sp³-hybridized carbons (Fsp3) is 0.238. The first-order valence-electron chi connectivity index (χ1n) is 9.60. The Hall–Kier alpha value is -3.39. The number of halogens is 1. The molecular formula is C21H20FN7. The highest BCUT2D eigenvalue weighted by Gasteiger charge is 2.21. The molecule has 7 nitrogen and oxygen atoms in total. The van der Waals surface area contributed by atoms with Gasteiger partial charge in [-0.05, 0) is 29.8 Å². The molecule has 0 bridgehead atoms. The van der Waals surface area contributed by atoms with E-state index in [4.69, 9.17) is 0 Å². The first-order valence-corrected chi connectivity index (χ1v) is 9.60. The van der Waals surface area contributed by atoms with Crippen molar-refractivity contribution in [3.63, 3.8) is 0 Å². The van der Waals surface area contributed by atoms with E-state index in [1.807, 2.05) is 24.3 Å². The Morgan fingerprint density at radius 1 is 0.931 bits per heavy atom. The molecule has 0 aliphatic carbocycles. The van der Waals surface area contributed by atoms with Gasteiger partial charge >= 0.3 is 0 Å². The van der Waals surface area contributed by atoms with Crippen LogP contribution in [-0.2, 0) is 6.54 Å². The summed E-state index contributed by atoms with van der Waals surface area (Å²) in [6.07, 6.45) is 5.12. The van der Waals surface area contributed by atoms with Crippen LogP contribution in [0.1, 0.15) is 5.56 Å². The van der Waals surface area contributed by atoms with E-state index < -0.39 is 0 Å². The summed E-state index contributed by atoms with van der Waals surface area (Å²) in [5.41, 5.74) is 1.75. The van der Waals surface area contributed by atoms with E-state index >= 15 is 0 Å². The number of aromatic nitrogens is 5. The molecule has 4 aromatic rings. The van der Waals surface area contributed by atoms with Crippen molar-refractivity contribution < 1.29 is 4.39 Å². The van der Waals surface area contributed by atoms with E-state index in [2.05, 4.69) is 29.9 Å². The van der Waals surface area contributed by atoms with Crippen LogP contribution >= 0.6 is 0 Å². The molecule has 0 spiro atoms. The molecule has 1 aliphatic rings. The normalized spacial score (nSPS) is 15.1. The highest BCUT2D eigenvalue weighted by atomic mass is 19.1. The van der Waals surface area contributed by atoms with Crippen LogP contribution in [0.2, 0.25) is 0 Å². The number of hydrogen-bond acceptors (Lipinski definition) is 6. The SMILES string of the molecule is Fc1cccc(CN2CCN(c3ncnc4c3cnn4-c3ccccn3)CC2)c1. The molecule has 0 atom stereocenters. The quantitative estimate of drug-likeness (QED) is 0.535. The van der Waals surface area contributed by atoms with Crippen LogP contribution < -0.4 is 4.90 Å². The fourth-order valence-corrected chi connectivity index (χ4v) is 3.74. The first-order chi connectivity index (χ1) is 14.3. The van der Waals surface area contributed by atoms with E-state index in [1.54, 1.807) is 35.5 Å². The lowest BCUT2D eigenvalue weighted by molar-refractivity contribution is 0.249. The van der Waals surface area contributed by atoms with Gasteiger partial charge in [-0.1, -0.05) is 18.2 Å². The van der Waals surface area contributed by atoms with E-state index in [-0.39, 0.29) is 5.82 Å². The van der Waals surface area contributed by atoms with Crippen molar-refractivity contribution in [2.45, 2.75) is 6.54 Å². The van der Waals surface area contributed by atoms with Gasteiger partial charge in [0.1, 0.15) is 18.0 Å². The van der Waals surface area contributed by atoms with Crippen LogP contribution in [0.4, 0.5) is 10.2 Å². The van der Waals surface area contributed by atoms with Crippen LogP contribution in [0.5, 0.6) is 0 Å². The summed E-state index contributed by atoms with van der Waals surface area (Å²) in [6, 6.07) is 12.5. The zero-order valence-electron chi connectivity index (χ0n) is 15.8. The molecule has 1 fully saturated rings. The maximum atomic E-state index is 13.4. The summed E-state index contributed by atoms with van der Waals surface area (Å²) >= 11 is 0. The van der Waals surface area contributed by atoms with Gasteiger partial charge in [0.05, 0.1) is 11.6 Å². The van der Waals surface area contributed by atoms with Gasteiger partial charge in [-0.3, -0.25) is 4.90 Å². The average molecular weight is 389 g/mol. The molecule has 5 rings (SSSR count). The molecule has 1 aromatic carbocycles. The van der Waals surface area contributed by atoms with Gasteiger partial charge in [-0.2, -0.15) is 9.78 Å². The zero-order chi connectivity index (χ0) is 19.6.